The highest BCUT2D eigenvalue weighted by atomic mass is 16.5. The molecule has 0 spiro atoms. The molecule has 35 heavy (non-hydrogen) atoms. The van der Waals surface area contributed by atoms with Crippen LogP contribution in [0.1, 0.15) is 42.1 Å². The van der Waals surface area contributed by atoms with Crippen molar-refractivity contribution >= 4 is 5.97 Å². The molecule has 4 aromatic carbocycles. The molecule has 1 N–H and O–H groups in total. The average Bonchev–Trinajstić information content (AvgIpc) is 2.91. The van der Waals surface area contributed by atoms with Crippen LogP contribution < -0.4 is 4.74 Å². The van der Waals surface area contributed by atoms with Crippen LogP contribution in [0.4, 0.5) is 0 Å². The van der Waals surface area contributed by atoms with Gasteiger partial charge in [-0.3, -0.25) is 9.69 Å². The summed E-state index contributed by atoms with van der Waals surface area (Å²) in [6, 6.07) is 36.2. The topological polar surface area (TPSA) is 49.8 Å². The predicted molar refractivity (Wildman–Crippen MR) is 140 cm³/mol. The van der Waals surface area contributed by atoms with E-state index in [2.05, 4.69) is 42.2 Å². The van der Waals surface area contributed by atoms with Crippen molar-refractivity contribution in [2.45, 2.75) is 32.0 Å². The minimum Gasteiger partial charge on any atom is -0.496 e. The molecule has 0 aliphatic carbocycles. The Hall–Kier alpha value is -3.89. The Kier molecular flexibility index (Phi) is 7.96. The third-order valence-electron chi connectivity index (χ3n) is 6.45. The van der Waals surface area contributed by atoms with Gasteiger partial charge in [0, 0.05) is 24.2 Å². The monoisotopic (exact) mass is 465 g/mol. The maximum Gasteiger partial charge on any atom is 0.305 e. The van der Waals surface area contributed by atoms with Gasteiger partial charge in [-0.2, -0.15) is 0 Å². The number of carboxylic acid groups (broad SMARTS) is 1. The third kappa shape index (κ3) is 5.97. The molecule has 0 aliphatic rings. The molecule has 4 rings (SSSR count). The van der Waals surface area contributed by atoms with Crippen molar-refractivity contribution in [1.29, 1.82) is 0 Å². The average molecular weight is 466 g/mol. The van der Waals surface area contributed by atoms with E-state index in [0.717, 1.165) is 33.6 Å². The zero-order valence-electron chi connectivity index (χ0n) is 20.2. The van der Waals surface area contributed by atoms with Gasteiger partial charge in [0.25, 0.3) is 0 Å². The van der Waals surface area contributed by atoms with Crippen LogP contribution >= 0.6 is 0 Å². The summed E-state index contributed by atoms with van der Waals surface area (Å²) in [7, 11) is 1.66. The fourth-order valence-electron chi connectivity index (χ4n) is 4.60. The molecule has 0 amide bonds. The van der Waals surface area contributed by atoms with E-state index < -0.39 is 5.97 Å². The summed E-state index contributed by atoms with van der Waals surface area (Å²) in [6.45, 7) is 2.77. The number of hydrogen-bond acceptors (Lipinski definition) is 3. The molecular formula is C31H31NO3. The Bertz CT molecular complexity index is 1230. The molecule has 1 unspecified atom stereocenters. The van der Waals surface area contributed by atoms with Gasteiger partial charge >= 0.3 is 5.97 Å². The molecular weight excluding hydrogens is 434 g/mol. The number of carboxylic acids is 1. The third-order valence-corrected chi connectivity index (χ3v) is 6.45. The lowest BCUT2D eigenvalue weighted by atomic mass is 9.93. The molecule has 178 valence electrons. The molecule has 0 heterocycles. The number of nitrogens with zero attached hydrogens (tertiary/aromatic N) is 1. The van der Waals surface area contributed by atoms with Gasteiger partial charge in [-0.25, -0.2) is 0 Å². The fourth-order valence-corrected chi connectivity index (χ4v) is 4.60. The smallest absolute Gasteiger partial charge is 0.305 e. The molecule has 0 saturated carbocycles. The van der Waals surface area contributed by atoms with Crippen LogP contribution in [0.5, 0.6) is 5.75 Å². The first-order chi connectivity index (χ1) is 17.1. The fraction of sp³-hybridized carbons (Fsp3) is 0.194. The van der Waals surface area contributed by atoms with Gasteiger partial charge < -0.3 is 9.84 Å². The zero-order valence-corrected chi connectivity index (χ0v) is 20.2. The number of ether oxygens (including phenoxy) is 1. The van der Waals surface area contributed by atoms with Crippen molar-refractivity contribution in [3.8, 4) is 16.9 Å². The Labute approximate surface area is 207 Å². The van der Waals surface area contributed by atoms with E-state index in [1.165, 1.54) is 0 Å². The number of methoxy groups -OCH3 is 1. The lowest BCUT2D eigenvalue weighted by Crippen LogP contribution is -2.32. The van der Waals surface area contributed by atoms with Crippen LogP contribution in [0.15, 0.2) is 109 Å². The Morgan fingerprint density at radius 1 is 0.829 bits per heavy atom. The number of benzene rings is 4. The first-order valence-corrected chi connectivity index (χ1v) is 11.9. The van der Waals surface area contributed by atoms with E-state index in [9.17, 15) is 9.90 Å². The van der Waals surface area contributed by atoms with E-state index >= 15 is 0 Å². The standard InChI is InChI=1S/C31H31NO3/c1-23(25-14-8-4-9-15-25)32(22-24-12-6-3-7-13-24)29(21-31(33)34)27-18-19-30(35-2)28(20-27)26-16-10-5-11-17-26/h3-20,23,29H,21-22H2,1-2H3,(H,33,34)/t23-,29?/m1/s1. The van der Waals surface area contributed by atoms with Gasteiger partial charge in [-0.05, 0) is 41.3 Å². The molecule has 0 saturated heterocycles. The van der Waals surface area contributed by atoms with Crippen molar-refractivity contribution in [3.05, 3.63) is 126 Å². The van der Waals surface area contributed by atoms with Crippen LogP contribution in [0, 0.1) is 0 Å². The van der Waals surface area contributed by atoms with Crippen molar-refractivity contribution < 1.29 is 14.6 Å². The molecule has 0 fully saturated rings. The Morgan fingerprint density at radius 3 is 2.03 bits per heavy atom. The number of aliphatic carboxylic acids is 1. The summed E-state index contributed by atoms with van der Waals surface area (Å²) in [4.78, 5) is 14.4. The van der Waals surface area contributed by atoms with Crippen LogP contribution in [0.25, 0.3) is 11.1 Å². The molecule has 0 bridgehead atoms. The van der Waals surface area contributed by atoms with E-state index in [-0.39, 0.29) is 18.5 Å². The molecule has 2 atom stereocenters. The maximum atomic E-state index is 12.1. The first-order valence-electron chi connectivity index (χ1n) is 11.9. The maximum absolute atomic E-state index is 12.1. The van der Waals surface area contributed by atoms with Crippen molar-refractivity contribution in [1.82, 2.24) is 4.90 Å². The highest BCUT2D eigenvalue weighted by Crippen LogP contribution is 2.38. The second kappa shape index (κ2) is 11.5. The summed E-state index contributed by atoms with van der Waals surface area (Å²) in [5.41, 5.74) is 5.22. The van der Waals surface area contributed by atoms with Gasteiger partial charge in [0.2, 0.25) is 0 Å². The highest BCUT2D eigenvalue weighted by molar-refractivity contribution is 5.72. The SMILES string of the molecule is COc1ccc(C(CC(=O)O)N(Cc2ccccc2)[C@H](C)c2ccccc2)cc1-c1ccccc1. The van der Waals surface area contributed by atoms with Crippen LogP contribution in [0.3, 0.4) is 0 Å². The minimum atomic E-state index is -0.828. The molecule has 4 nitrogen and oxygen atoms in total. The van der Waals surface area contributed by atoms with Gasteiger partial charge in [0.1, 0.15) is 5.75 Å². The second-order valence-electron chi connectivity index (χ2n) is 8.68. The van der Waals surface area contributed by atoms with Gasteiger partial charge in [-0.1, -0.05) is 97.1 Å². The zero-order chi connectivity index (χ0) is 24.6. The van der Waals surface area contributed by atoms with Crippen LogP contribution in [0.2, 0.25) is 0 Å². The van der Waals surface area contributed by atoms with E-state index in [4.69, 9.17) is 4.74 Å². The number of hydrogen-bond donors (Lipinski definition) is 1. The largest absolute Gasteiger partial charge is 0.496 e. The molecule has 4 aromatic rings. The highest BCUT2D eigenvalue weighted by Gasteiger charge is 2.29. The first kappa shape index (κ1) is 24.2. The van der Waals surface area contributed by atoms with Gasteiger partial charge in [0.15, 0.2) is 0 Å². The summed E-state index contributed by atoms with van der Waals surface area (Å²) in [5.74, 6) is -0.0647. The quantitative estimate of drug-likeness (QED) is 0.270. The normalized spacial score (nSPS) is 12.8. The van der Waals surface area contributed by atoms with E-state index in [1.807, 2.05) is 78.9 Å². The Balaban J connectivity index is 1.82. The molecule has 0 radical (unpaired) electrons. The summed E-state index contributed by atoms with van der Waals surface area (Å²) < 4.78 is 5.66. The lowest BCUT2D eigenvalue weighted by Gasteiger charge is -2.37. The van der Waals surface area contributed by atoms with Crippen molar-refractivity contribution in [2.24, 2.45) is 0 Å². The minimum absolute atomic E-state index is 0.00281. The van der Waals surface area contributed by atoms with E-state index in [1.54, 1.807) is 7.11 Å². The number of carbonyl (C=O) groups is 1. The van der Waals surface area contributed by atoms with Gasteiger partial charge in [0.05, 0.1) is 13.5 Å². The summed E-state index contributed by atoms with van der Waals surface area (Å²) >= 11 is 0. The lowest BCUT2D eigenvalue weighted by molar-refractivity contribution is -0.138. The predicted octanol–water partition coefficient (Wildman–Crippen LogP) is 7.14. The van der Waals surface area contributed by atoms with Crippen molar-refractivity contribution in [2.75, 3.05) is 7.11 Å². The van der Waals surface area contributed by atoms with Crippen molar-refractivity contribution in [3.63, 3.8) is 0 Å². The number of rotatable bonds is 10. The molecule has 0 aromatic heterocycles. The summed E-state index contributed by atoms with van der Waals surface area (Å²) in [6.07, 6.45) is -0.00936. The molecule has 4 heteroatoms. The summed E-state index contributed by atoms with van der Waals surface area (Å²) in [5, 5.41) is 9.95. The second-order valence-corrected chi connectivity index (χ2v) is 8.68. The molecule has 0 aliphatic heterocycles. The van der Waals surface area contributed by atoms with Gasteiger partial charge in [-0.15, -0.1) is 0 Å². The Morgan fingerprint density at radius 2 is 1.43 bits per heavy atom. The van der Waals surface area contributed by atoms with E-state index in [0.29, 0.717) is 6.54 Å². The van der Waals surface area contributed by atoms with Crippen LogP contribution in [-0.4, -0.2) is 23.1 Å². The van der Waals surface area contributed by atoms with Crippen LogP contribution in [-0.2, 0) is 11.3 Å².